The minimum atomic E-state index is -0.324. The van der Waals surface area contributed by atoms with E-state index in [0.29, 0.717) is 17.1 Å². The molecule has 1 aliphatic heterocycles. The van der Waals surface area contributed by atoms with Gasteiger partial charge in [0.1, 0.15) is 24.1 Å². The van der Waals surface area contributed by atoms with Crippen LogP contribution in [0.15, 0.2) is 85.1 Å². The summed E-state index contributed by atoms with van der Waals surface area (Å²) < 4.78 is 13.0. The SMILES string of the molecule is COc1ccc(C(=O)N(CC(=O)N2c3ccccc3-n3cccc3C2c2ccc(C)cc2)C2CC2)c(OC)c1. The molecule has 1 aliphatic carbocycles. The fourth-order valence-corrected chi connectivity index (χ4v) is 5.43. The molecule has 7 heteroatoms. The third kappa shape index (κ3) is 4.44. The van der Waals surface area contributed by atoms with E-state index in [2.05, 4.69) is 41.8 Å². The van der Waals surface area contributed by atoms with Crippen LogP contribution in [0, 0.1) is 6.92 Å². The molecular weight excluding hydrogens is 490 g/mol. The maximum absolute atomic E-state index is 14.3. The smallest absolute Gasteiger partial charge is 0.258 e. The van der Waals surface area contributed by atoms with E-state index in [9.17, 15) is 9.59 Å². The molecule has 7 nitrogen and oxygen atoms in total. The Morgan fingerprint density at radius 1 is 0.897 bits per heavy atom. The second-order valence-corrected chi connectivity index (χ2v) is 10.1. The molecule has 3 aromatic carbocycles. The van der Waals surface area contributed by atoms with Gasteiger partial charge in [0.05, 0.1) is 36.9 Å². The minimum absolute atomic E-state index is 0.0231. The molecule has 0 saturated heterocycles. The summed E-state index contributed by atoms with van der Waals surface area (Å²) in [4.78, 5) is 31.8. The van der Waals surface area contributed by atoms with E-state index in [-0.39, 0.29) is 30.4 Å². The summed E-state index contributed by atoms with van der Waals surface area (Å²) in [5.41, 5.74) is 5.36. The number of fused-ring (bicyclic) bond motifs is 3. The normalized spacial score (nSPS) is 15.8. The molecule has 198 valence electrons. The predicted octanol–water partition coefficient (Wildman–Crippen LogP) is 5.54. The molecule has 0 bridgehead atoms. The number of aromatic nitrogens is 1. The van der Waals surface area contributed by atoms with Gasteiger partial charge in [-0.1, -0.05) is 42.0 Å². The third-order valence-electron chi connectivity index (χ3n) is 7.57. The molecule has 2 aliphatic rings. The van der Waals surface area contributed by atoms with Gasteiger partial charge in [0.25, 0.3) is 5.91 Å². The third-order valence-corrected chi connectivity index (χ3v) is 7.57. The highest BCUT2D eigenvalue weighted by molar-refractivity contribution is 6.03. The highest BCUT2D eigenvalue weighted by atomic mass is 16.5. The van der Waals surface area contributed by atoms with Crippen LogP contribution in [-0.4, -0.2) is 48.1 Å². The largest absolute Gasteiger partial charge is 0.497 e. The molecule has 1 aromatic heterocycles. The Hall–Kier alpha value is -4.52. The lowest BCUT2D eigenvalue weighted by Gasteiger charge is -2.39. The van der Waals surface area contributed by atoms with Gasteiger partial charge in [-0.25, -0.2) is 0 Å². The zero-order valence-electron chi connectivity index (χ0n) is 22.3. The van der Waals surface area contributed by atoms with E-state index >= 15 is 0 Å². The van der Waals surface area contributed by atoms with Crippen molar-refractivity contribution in [2.24, 2.45) is 0 Å². The molecule has 1 fully saturated rings. The molecule has 2 heterocycles. The first-order valence-corrected chi connectivity index (χ1v) is 13.2. The maximum atomic E-state index is 14.3. The fourth-order valence-electron chi connectivity index (χ4n) is 5.43. The molecule has 0 N–H and O–H groups in total. The first kappa shape index (κ1) is 24.8. The quantitative estimate of drug-likeness (QED) is 0.320. The average Bonchev–Trinajstić information content (AvgIpc) is 3.69. The molecule has 1 saturated carbocycles. The van der Waals surface area contributed by atoms with Crippen LogP contribution >= 0.6 is 0 Å². The number of carbonyl (C=O) groups excluding carboxylic acids is 2. The molecule has 4 aromatic rings. The Kier molecular flexibility index (Phi) is 6.35. The van der Waals surface area contributed by atoms with Crippen molar-refractivity contribution in [1.29, 1.82) is 0 Å². The fraction of sp³-hybridized carbons (Fsp3) is 0.250. The number of hydrogen-bond donors (Lipinski definition) is 0. The lowest BCUT2D eigenvalue weighted by atomic mass is 9.97. The summed E-state index contributed by atoms with van der Waals surface area (Å²) in [5, 5.41) is 0. The minimum Gasteiger partial charge on any atom is -0.497 e. The van der Waals surface area contributed by atoms with Crippen LogP contribution in [0.3, 0.4) is 0 Å². The van der Waals surface area contributed by atoms with Gasteiger partial charge >= 0.3 is 0 Å². The first-order valence-electron chi connectivity index (χ1n) is 13.2. The van der Waals surface area contributed by atoms with Gasteiger partial charge < -0.3 is 18.9 Å². The number of amides is 2. The number of hydrogen-bond acceptors (Lipinski definition) is 4. The lowest BCUT2D eigenvalue weighted by Crippen LogP contribution is -2.47. The topological polar surface area (TPSA) is 64.0 Å². The predicted molar refractivity (Wildman–Crippen MR) is 150 cm³/mol. The molecule has 1 unspecified atom stereocenters. The van der Waals surface area contributed by atoms with Crippen molar-refractivity contribution in [3.05, 3.63) is 107 Å². The number of benzene rings is 3. The number of para-hydroxylation sites is 2. The average molecular weight is 522 g/mol. The summed E-state index contributed by atoms with van der Waals surface area (Å²) in [6.45, 7) is 2.02. The van der Waals surface area contributed by atoms with Crippen molar-refractivity contribution in [2.45, 2.75) is 31.8 Å². The zero-order valence-corrected chi connectivity index (χ0v) is 22.3. The monoisotopic (exact) mass is 521 g/mol. The zero-order chi connectivity index (χ0) is 27.1. The van der Waals surface area contributed by atoms with Gasteiger partial charge in [0.15, 0.2) is 0 Å². The van der Waals surface area contributed by atoms with Gasteiger partial charge in [-0.2, -0.15) is 0 Å². The van der Waals surface area contributed by atoms with Crippen molar-refractivity contribution in [1.82, 2.24) is 9.47 Å². The van der Waals surface area contributed by atoms with Crippen LogP contribution in [0.25, 0.3) is 5.69 Å². The number of rotatable bonds is 7. The Labute approximate surface area is 228 Å². The van der Waals surface area contributed by atoms with Crippen LogP contribution in [0.5, 0.6) is 11.5 Å². The van der Waals surface area contributed by atoms with Crippen molar-refractivity contribution in [2.75, 3.05) is 25.7 Å². The molecular formula is C32H31N3O4. The summed E-state index contributed by atoms with van der Waals surface area (Å²) >= 11 is 0. The van der Waals surface area contributed by atoms with Crippen LogP contribution in [0.2, 0.25) is 0 Å². The van der Waals surface area contributed by atoms with E-state index in [4.69, 9.17) is 9.47 Å². The highest BCUT2D eigenvalue weighted by Crippen LogP contribution is 2.43. The van der Waals surface area contributed by atoms with Gasteiger partial charge in [-0.15, -0.1) is 0 Å². The van der Waals surface area contributed by atoms with Gasteiger partial charge in [0, 0.05) is 18.3 Å². The van der Waals surface area contributed by atoms with Gasteiger partial charge in [-0.05, 0) is 61.7 Å². The number of anilines is 1. The van der Waals surface area contributed by atoms with Crippen molar-refractivity contribution >= 4 is 17.5 Å². The second kappa shape index (κ2) is 9.98. The van der Waals surface area contributed by atoms with Crippen molar-refractivity contribution in [3.8, 4) is 17.2 Å². The number of carbonyl (C=O) groups is 2. The summed E-state index contributed by atoms with van der Waals surface area (Å²) in [6.07, 6.45) is 3.78. The number of ether oxygens (including phenoxy) is 2. The Morgan fingerprint density at radius 3 is 2.33 bits per heavy atom. The van der Waals surface area contributed by atoms with Gasteiger partial charge in [0.2, 0.25) is 5.91 Å². The van der Waals surface area contributed by atoms with Crippen LogP contribution in [0.1, 0.15) is 46.1 Å². The lowest BCUT2D eigenvalue weighted by molar-refractivity contribution is -0.119. The van der Waals surface area contributed by atoms with Crippen LogP contribution in [-0.2, 0) is 4.79 Å². The number of methoxy groups -OCH3 is 2. The Morgan fingerprint density at radius 2 is 1.64 bits per heavy atom. The van der Waals surface area contributed by atoms with E-state index in [1.165, 1.54) is 7.11 Å². The van der Waals surface area contributed by atoms with Crippen molar-refractivity contribution in [3.63, 3.8) is 0 Å². The molecule has 0 radical (unpaired) electrons. The van der Waals surface area contributed by atoms with Crippen LogP contribution in [0.4, 0.5) is 5.69 Å². The van der Waals surface area contributed by atoms with E-state index in [0.717, 1.165) is 41.0 Å². The van der Waals surface area contributed by atoms with E-state index in [1.54, 1.807) is 30.2 Å². The summed E-state index contributed by atoms with van der Waals surface area (Å²) in [5.74, 6) is 0.682. The maximum Gasteiger partial charge on any atom is 0.258 e. The highest BCUT2D eigenvalue weighted by Gasteiger charge is 2.40. The number of nitrogens with zero attached hydrogens (tertiary/aromatic N) is 3. The van der Waals surface area contributed by atoms with Gasteiger partial charge in [-0.3, -0.25) is 14.5 Å². The first-order chi connectivity index (χ1) is 19.0. The molecule has 0 spiro atoms. The Balaban J connectivity index is 1.39. The van der Waals surface area contributed by atoms with Crippen LogP contribution < -0.4 is 14.4 Å². The summed E-state index contributed by atoms with van der Waals surface area (Å²) in [6, 6.07) is 25.2. The molecule has 6 rings (SSSR count). The summed E-state index contributed by atoms with van der Waals surface area (Å²) in [7, 11) is 3.10. The molecule has 1 atom stereocenters. The second-order valence-electron chi connectivity index (χ2n) is 10.1. The molecule has 2 amide bonds. The Bertz CT molecular complexity index is 1540. The standard InChI is InChI=1S/C32H31N3O4/c1-21-10-12-22(13-11-21)31-28-9-6-18-33(28)26-7-4-5-8-27(26)35(31)30(36)20-34(23-14-15-23)32(37)25-17-16-24(38-2)19-29(25)39-3/h4-13,16-19,23,31H,14-15,20H2,1-3H3. The van der Waals surface area contributed by atoms with E-state index in [1.807, 2.05) is 41.4 Å². The van der Waals surface area contributed by atoms with E-state index < -0.39 is 0 Å². The van der Waals surface area contributed by atoms with Crippen molar-refractivity contribution < 1.29 is 19.1 Å². The molecule has 39 heavy (non-hydrogen) atoms. The number of aryl methyl sites for hydroxylation is 1.